The number of para-hydroxylation sites is 6. The lowest BCUT2D eigenvalue weighted by atomic mass is 9.90. The van der Waals surface area contributed by atoms with Crippen LogP contribution in [-0.2, 0) is 0 Å². The lowest BCUT2D eigenvalue weighted by molar-refractivity contribution is 1.16. The van der Waals surface area contributed by atoms with Crippen LogP contribution in [0, 0.1) is 17.9 Å². The van der Waals surface area contributed by atoms with E-state index in [-0.39, 0.29) is 0 Å². The first kappa shape index (κ1) is 38.1. The third-order valence-corrected chi connectivity index (χ3v) is 13.5. The van der Waals surface area contributed by atoms with Crippen molar-refractivity contribution in [1.82, 2.24) is 13.7 Å². The van der Waals surface area contributed by atoms with Gasteiger partial charge in [0.15, 0.2) is 5.69 Å². The molecule has 0 aliphatic heterocycles. The second-order valence-electron chi connectivity index (χ2n) is 17.0. The summed E-state index contributed by atoms with van der Waals surface area (Å²) >= 11 is 0. The highest BCUT2D eigenvalue weighted by Gasteiger charge is 2.24. The molecule has 310 valence electrons. The molecule has 3 aromatic heterocycles. The third kappa shape index (κ3) is 5.66. The maximum absolute atomic E-state index is 10.1. The Balaban J connectivity index is 1.10. The zero-order chi connectivity index (χ0) is 44.6. The van der Waals surface area contributed by atoms with E-state index in [2.05, 4.69) is 231 Å². The molecule has 0 amide bonds. The molecule has 10 aromatic carbocycles. The summed E-state index contributed by atoms with van der Waals surface area (Å²) in [6.07, 6.45) is 0. The molecule has 0 aliphatic carbocycles. The number of nitriles is 1. The van der Waals surface area contributed by atoms with Gasteiger partial charge in [-0.25, -0.2) is 4.85 Å². The van der Waals surface area contributed by atoms with Crippen LogP contribution in [-0.4, -0.2) is 13.7 Å². The van der Waals surface area contributed by atoms with Crippen molar-refractivity contribution < 1.29 is 0 Å². The van der Waals surface area contributed by atoms with Gasteiger partial charge in [0.05, 0.1) is 62.8 Å². The second kappa shape index (κ2) is 15.1. The van der Waals surface area contributed by atoms with Gasteiger partial charge in [-0.3, -0.25) is 0 Å². The Kier molecular flexibility index (Phi) is 8.58. The highest BCUT2D eigenvalue weighted by Crippen LogP contribution is 2.46. The molecule has 0 unspecified atom stereocenters. The molecule has 0 saturated heterocycles. The number of rotatable bonds is 6. The summed E-state index contributed by atoms with van der Waals surface area (Å²) in [6.45, 7) is 7.95. The van der Waals surface area contributed by atoms with Gasteiger partial charge in [0, 0.05) is 54.6 Å². The van der Waals surface area contributed by atoms with Gasteiger partial charge in [0.2, 0.25) is 0 Å². The molecule has 0 aliphatic rings. The molecule has 0 atom stereocenters. The minimum absolute atomic E-state index is 0.458. The van der Waals surface area contributed by atoms with E-state index in [9.17, 15) is 5.26 Å². The Morgan fingerprint density at radius 1 is 0.343 bits per heavy atom. The Morgan fingerprint density at radius 3 is 1.33 bits per heavy atom. The summed E-state index contributed by atoms with van der Waals surface area (Å²) in [7, 11) is 0. The monoisotopic (exact) mass is 851 g/mol. The Hall–Kier alpha value is -9.42. The molecule has 67 heavy (non-hydrogen) atoms. The molecule has 3 heterocycles. The van der Waals surface area contributed by atoms with Crippen LogP contribution in [0.2, 0.25) is 0 Å². The SMILES string of the molecule is [C-]#[N+]c1cccc(C#N)c1-c1ccc(-c2c(-c3ccccc3-n3c4ccccc4c4c(-n5c6ccccc6c6ccccc65)cccc43)cccc2-n2c3ccccc3c3ccccc32)cc1. The number of aromatic nitrogens is 3. The fourth-order valence-corrected chi connectivity index (χ4v) is 10.8. The van der Waals surface area contributed by atoms with E-state index >= 15 is 0 Å². The fraction of sp³-hybridized carbons (Fsp3) is 0. The molecule has 13 aromatic rings. The molecule has 0 saturated carbocycles. The van der Waals surface area contributed by atoms with Crippen molar-refractivity contribution in [1.29, 1.82) is 5.26 Å². The van der Waals surface area contributed by atoms with Crippen LogP contribution in [0.5, 0.6) is 0 Å². The van der Waals surface area contributed by atoms with Gasteiger partial charge in [0.25, 0.3) is 0 Å². The fourth-order valence-electron chi connectivity index (χ4n) is 10.8. The lowest BCUT2D eigenvalue weighted by Crippen LogP contribution is -2.02. The number of fused-ring (bicyclic) bond motifs is 9. The summed E-state index contributed by atoms with van der Waals surface area (Å²) in [5.41, 5.74) is 16.7. The van der Waals surface area contributed by atoms with E-state index in [4.69, 9.17) is 6.57 Å². The van der Waals surface area contributed by atoms with Gasteiger partial charge in [-0.1, -0.05) is 164 Å². The van der Waals surface area contributed by atoms with Gasteiger partial charge < -0.3 is 13.7 Å². The summed E-state index contributed by atoms with van der Waals surface area (Å²) < 4.78 is 7.28. The Morgan fingerprint density at radius 2 is 0.746 bits per heavy atom. The largest absolute Gasteiger partial charge is 0.309 e. The number of hydrogen-bond donors (Lipinski definition) is 0. The van der Waals surface area contributed by atoms with Crippen molar-refractivity contribution in [2.75, 3.05) is 0 Å². The van der Waals surface area contributed by atoms with Crippen LogP contribution in [0.1, 0.15) is 5.56 Å². The van der Waals surface area contributed by atoms with Crippen molar-refractivity contribution >= 4 is 71.1 Å². The predicted molar refractivity (Wildman–Crippen MR) is 277 cm³/mol. The molecule has 0 N–H and O–H groups in total. The first-order valence-corrected chi connectivity index (χ1v) is 22.5. The Labute approximate surface area is 386 Å². The molecule has 0 radical (unpaired) electrons. The van der Waals surface area contributed by atoms with Crippen molar-refractivity contribution in [2.45, 2.75) is 0 Å². The summed E-state index contributed by atoms with van der Waals surface area (Å²) in [6, 6.07) is 81.7. The maximum Gasteiger partial charge on any atom is 0.196 e. The molecule has 13 rings (SSSR count). The Bertz CT molecular complexity index is 4100. The van der Waals surface area contributed by atoms with Gasteiger partial charge >= 0.3 is 0 Å². The second-order valence-corrected chi connectivity index (χ2v) is 17.0. The van der Waals surface area contributed by atoms with E-state index in [1.54, 1.807) is 18.2 Å². The minimum atomic E-state index is 0.458. The summed E-state index contributed by atoms with van der Waals surface area (Å²) in [4.78, 5) is 3.81. The van der Waals surface area contributed by atoms with Crippen LogP contribution in [0.25, 0.3) is 121 Å². The van der Waals surface area contributed by atoms with Crippen LogP contribution in [0.4, 0.5) is 5.69 Å². The topological polar surface area (TPSA) is 42.9 Å². The van der Waals surface area contributed by atoms with Gasteiger partial charge in [-0.05, 0) is 77.4 Å². The van der Waals surface area contributed by atoms with Crippen LogP contribution in [0.15, 0.2) is 224 Å². The normalized spacial score (nSPS) is 11.6. The number of nitrogens with zero attached hydrogens (tertiary/aromatic N) is 5. The van der Waals surface area contributed by atoms with Gasteiger partial charge in [-0.2, -0.15) is 5.26 Å². The van der Waals surface area contributed by atoms with Crippen molar-refractivity contribution in [3.8, 4) is 56.5 Å². The molecule has 0 fully saturated rings. The molecule has 5 nitrogen and oxygen atoms in total. The predicted octanol–water partition coefficient (Wildman–Crippen LogP) is 16.4. The van der Waals surface area contributed by atoms with E-state index in [0.717, 1.165) is 66.9 Å². The zero-order valence-electron chi connectivity index (χ0n) is 36.1. The molecule has 0 spiro atoms. The molecular formula is C62H37N5. The van der Waals surface area contributed by atoms with Crippen LogP contribution >= 0.6 is 0 Å². The van der Waals surface area contributed by atoms with E-state index in [1.807, 2.05) is 0 Å². The van der Waals surface area contributed by atoms with Crippen molar-refractivity contribution in [2.24, 2.45) is 0 Å². The number of hydrogen-bond acceptors (Lipinski definition) is 1. The molecular weight excluding hydrogens is 815 g/mol. The van der Waals surface area contributed by atoms with Gasteiger partial charge in [-0.15, -0.1) is 0 Å². The number of benzene rings is 10. The van der Waals surface area contributed by atoms with E-state index in [1.165, 1.54) is 43.4 Å². The maximum atomic E-state index is 10.1. The van der Waals surface area contributed by atoms with E-state index < -0.39 is 0 Å². The summed E-state index contributed by atoms with van der Waals surface area (Å²) in [5.74, 6) is 0. The van der Waals surface area contributed by atoms with Crippen LogP contribution < -0.4 is 0 Å². The summed E-state index contributed by atoms with van der Waals surface area (Å²) in [5, 5.41) is 17.3. The average molecular weight is 852 g/mol. The lowest BCUT2D eigenvalue weighted by Gasteiger charge is -2.21. The quantitative estimate of drug-likeness (QED) is 0.154. The zero-order valence-corrected chi connectivity index (χ0v) is 36.1. The van der Waals surface area contributed by atoms with Crippen molar-refractivity contribution in [3.05, 3.63) is 241 Å². The smallest absolute Gasteiger partial charge is 0.196 e. The average Bonchev–Trinajstić information content (AvgIpc) is 4.04. The van der Waals surface area contributed by atoms with Gasteiger partial charge in [0.1, 0.15) is 0 Å². The van der Waals surface area contributed by atoms with E-state index in [0.29, 0.717) is 16.8 Å². The standard InChI is InChI=1S/C62H37N5/c1-64-50-25-14-17-42(39-63)60(50)40-35-37-41(38-36-40)61-48(24-15-32-57(61)65-51-26-8-2-18-43(51)44-19-3-9-27-52(44)65)47-22-6-12-30-55(47)67-56-31-13-7-23-49(56)62-58(33-16-34-59(62)67)66-53-28-10-4-20-45(53)46-21-5-11-29-54(46)66/h2-38H. The first-order chi connectivity index (χ1) is 33.2. The minimum Gasteiger partial charge on any atom is -0.309 e. The van der Waals surface area contributed by atoms with Crippen LogP contribution in [0.3, 0.4) is 0 Å². The third-order valence-electron chi connectivity index (χ3n) is 13.5. The highest BCUT2D eigenvalue weighted by molar-refractivity contribution is 6.17. The first-order valence-electron chi connectivity index (χ1n) is 22.5. The molecule has 5 heteroatoms. The highest BCUT2D eigenvalue weighted by atomic mass is 15.0. The molecule has 0 bridgehead atoms. The van der Waals surface area contributed by atoms with Crippen molar-refractivity contribution in [3.63, 3.8) is 0 Å².